The van der Waals surface area contributed by atoms with Crippen molar-refractivity contribution in [2.24, 2.45) is 5.73 Å². The van der Waals surface area contributed by atoms with Crippen molar-refractivity contribution in [2.45, 2.75) is 49.1 Å². The molecule has 112 valence electrons. The van der Waals surface area contributed by atoms with Gasteiger partial charge in [-0.1, -0.05) is 30.9 Å². The van der Waals surface area contributed by atoms with Crippen LogP contribution in [0.3, 0.4) is 0 Å². The molecule has 2 unspecified atom stereocenters. The third kappa shape index (κ3) is 3.69. The lowest BCUT2D eigenvalue weighted by Gasteiger charge is -2.22. The highest BCUT2D eigenvalue weighted by atomic mass is 35.5. The van der Waals surface area contributed by atoms with Crippen LogP contribution in [0.1, 0.15) is 32.1 Å². The lowest BCUT2D eigenvalue weighted by molar-refractivity contribution is 0.456. The summed E-state index contributed by atoms with van der Waals surface area (Å²) >= 11 is 5.63. The van der Waals surface area contributed by atoms with Gasteiger partial charge in [-0.05, 0) is 31.0 Å². The highest BCUT2D eigenvalue weighted by Crippen LogP contribution is 2.22. The summed E-state index contributed by atoms with van der Waals surface area (Å²) in [5, 5.41) is -0.210. The van der Waals surface area contributed by atoms with E-state index >= 15 is 0 Å². The number of sulfonamides is 1. The predicted octanol–water partition coefficient (Wildman–Crippen LogP) is 2.42. The molecule has 0 bridgehead atoms. The van der Waals surface area contributed by atoms with Crippen molar-refractivity contribution in [1.82, 2.24) is 4.72 Å². The SMILES string of the molecule is NC1CCCCCC1NS(=O)(=O)c1ccc(F)c(Cl)c1. The van der Waals surface area contributed by atoms with E-state index < -0.39 is 15.8 Å². The van der Waals surface area contributed by atoms with E-state index in [1.165, 1.54) is 6.07 Å². The minimum Gasteiger partial charge on any atom is -0.326 e. The van der Waals surface area contributed by atoms with Gasteiger partial charge in [0.15, 0.2) is 0 Å². The van der Waals surface area contributed by atoms with Gasteiger partial charge in [0, 0.05) is 12.1 Å². The first-order chi connectivity index (χ1) is 9.40. The van der Waals surface area contributed by atoms with Gasteiger partial charge in [-0.2, -0.15) is 0 Å². The van der Waals surface area contributed by atoms with E-state index in [4.69, 9.17) is 17.3 Å². The molecule has 1 aromatic rings. The lowest BCUT2D eigenvalue weighted by Crippen LogP contribution is -2.46. The first-order valence-corrected chi connectivity index (χ1v) is 8.49. The van der Waals surface area contributed by atoms with Crippen LogP contribution in [0.5, 0.6) is 0 Å². The molecule has 3 N–H and O–H groups in total. The molecule has 2 atom stereocenters. The first kappa shape index (κ1) is 15.7. The Morgan fingerprint density at radius 2 is 1.95 bits per heavy atom. The van der Waals surface area contributed by atoms with E-state index in [2.05, 4.69) is 4.72 Å². The van der Waals surface area contributed by atoms with Crippen molar-refractivity contribution < 1.29 is 12.8 Å². The van der Waals surface area contributed by atoms with Crippen LogP contribution in [0.25, 0.3) is 0 Å². The molecule has 1 aliphatic rings. The van der Waals surface area contributed by atoms with E-state index in [0.29, 0.717) is 0 Å². The summed E-state index contributed by atoms with van der Waals surface area (Å²) < 4.78 is 40.3. The molecule has 1 aliphatic carbocycles. The van der Waals surface area contributed by atoms with E-state index in [-0.39, 0.29) is 22.0 Å². The number of nitrogens with two attached hydrogens (primary N) is 1. The van der Waals surface area contributed by atoms with Crippen molar-refractivity contribution >= 4 is 21.6 Å². The highest BCUT2D eigenvalue weighted by molar-refractivity contribution is 7.89. The average molecular weight is 321 g/mol. The van der Waals surface area contributed by atoms with Gasteiger partial charge in [-0.25, -0.2) is 17.5 Å². The standard InChI is InChI=1S/C13H18ClFN2O2S/c14-10-8-9(6-7-11(10)15)20(18,19)17-13-5-3-1-2-4-12(13)16/h6-8,12-13,17H,1-5,16H2. The molecule has 0 aromatic heterocycles. The molecule has 0 saturated heterocycles. The maximum Gasteiger partial charge on any atom is 0.240 e. The Kier molecular flexibility index (Phi) is 5.01. The molecule has 0 heterocycles. The molecule has 0 spiro atoms. The number of halogens is 2. The fourth-order valence-corrected chi connectivity index (χ4v) is 3.99. The second-order valence-electron chi connectivity index (χ2n) is 5.11. The van der Waals surface area contributed by atoms with Crippen molar-refractivity contribution in [3.63, 3.8) is 0 Å². The van der Waals surface area contributed by atoms with Crippen LogP contribution in [0.15, 0.2) is 23.1 Å². The molecular formula is C13H18ClFN2O2S. The van der Waals surface area contributed by atoms with Crippen LogP contribution in [0, 0.1) is 5.82 Å². The second-order valence-corrected chi connectivity index (χ2v) is 7.23. The van der Waals surface area contributed by atoms with Crippen molar-refractivity contribution in [3.05, 3.63) is 29.0 Å². The minimum atomic E-state index is -3.73. The Morgan fingerprint density at radius 1 is 1.25 bits per heavy atom. The molecule has 2 rings (SSSR count). The monoisotopic (exact) mass is 320 g/mol. The molecule has 4 nitrogen and oxygen atoms in total. The summed E-state index contributed by atoms with van der Waals surface area (Å²) in [5.74, 6) is -0.642. The maximum absolute atomic E-state index is 13.1. The van der Waals surface area contributed by atoms with Gasteiger partial charge < -0.3 is 5.73 Å². The third-order valence-corrected chi connectivity index (χ3v) is 5.35. The fourth-order valence-electron chi connectivity index (χ4n) is 2.39. The van der Waals surface area contributed by atoms with Crippen molar-refractivity contribution in [2.75, 3.05) is 0 Å². The number of benzene rings is 1. The van der Waals surface area contributed by atoms with Crippen LogP contribution in [0.2, 0.25) is 5.02 Å². The number of hydrogen-bond acceptors (Lipinski definition) is 3. The molecule has 20 heavy (non-hydrogen) atoms. The number of nitrogens with one attached hydrogen (secondary N) is 1. The molecule has 7 heteroatoms. The molecule has 0 aliphatic heterocycles. The Labute approximate surface area is 123 Å². The van der Waals surface area contributed by atoms with Gasteiger partial charge in [-0.15, -0.1) is 0 Å². The predicted molar refractivity (Wildman–Crippen MR) is 76.6 cm³/mol. The average Bonchev–Trinajstić information content (AvgIpc) is 2.58. The van der Waals surface area contributed by atoms with Crippen LogP contribution < -0.4 is 10.5 Å². The summed E-state index contributed by atoms with van der Waals surface area (Å²) in [6.45, 7) is 0. The fraction of sp³-hybridized carbons (Fsp3) is 0.538. The highest BCUT2D eigenvalue weighted by Gasteiger charge is 2.26. The zero-order valence-corrected chi connectivity index (χ0v) is 12.6. The second kappa shape index (κ2) is 6.39. The Morgan fingerprint density at radius 3 is 2.65 bits per heavy atom. The quantitative estimate of drug-likeness (QED) is 0.840. The molecule has 1 saturated carbocycles. The Balaban J connectivity index is 2.19. The lowest BCUT2D eigenvalue weighted by atomic mass is 10.1. The zero-order chi connectivity index (χ0) is 14.8. The Bertz CT molecular complexity index is 580. The van der Waals surface area contributed by atoms with Crippen molar-refractivity contribution in [3.8, 4) is 0 Å². The van der Waals surface area contributed by atoms with Gasteiger partial charge in [0.25, 0.3) is 0 Å². The largest absolute Gasteiger partial charge is 0.326 e. The van der Waals surface area contributed by atoms with Crippen LogP contribution in [0.4, 0.5) is 4.39 Å². The summed E-state index contributed by atoms with van der Waals surface area (Å²) in [5.41, 5.74) is 6.01. The molecule has 1 fully saturated rings. The third-order valence-electron chi connectivity index (χ3n) is 3.58. The van der Waals surface area contributed by atoms with Gasteiger partial charge in [0.1, 0.15) is 5.82 Å². The number of hydrogen-bond donors (Lipinski definition) is 2. The summed E-state index contributed by atoms with van der Waals surface area (Å²) in [7, 11) is -3.73. The van der Waals surface area contributed by atoms with E-state index in [9.17, 15) is 12.8 Å². The summed E-state index contributed by atoms with van der Waals surface area (Å²) in [6, 6.07) is 2.88. The normalized spacial score (nSPS) is 24.4. The molecule has 1 aromatic carbocycles. The number of rotatable bonds is 3. The minimum absolute atomic E-state index is 0.0413. The molecule has 0 radical (unpaired) electrons. The van der Waals surface area contributed by atoms with Crippen LogP contribution >= 0.6 is 11.6 Å². The molecular weight excluding hydrogens is 303 g/mol. The van der Waals surface area contributed by atoms with E-state index in [1.807, 2.05) is 0 Å². The smallest absolute Gasteiger partial charge is 0.240 e. The zero-order valence-electron chi connectivity index (χ0n) is 11.0. The van der Waals surface area contributed by atoms with Crippen LogP contribution in [-0.2, 0) is 10.0 Å². The summed E-state index contributed by atoms with van der Waals surface area (Å²) in [6.07, 6.45) is 4.55. The van der Waals surface area contributed by atoms with Gasteiger partial charge in [0.2, 0.25) is 10.0 Å². The van der Waals surface area contributed by atoms with Crippen LogP contribution in [-0.4, -0.2) is 20.5 Å². The first-order valence-electron chi connectivity index (χ1n) is 6.63. The van der Waals surface area contributed by atoms with E-state index in [0.717, 1.165) is 44.2 Å². The maximum atomic E-state index is 13.1. The Hall–Kier alpha value is -0.690. The van der Waals surface area contributed by atoms with Crippen molar-refractivity contribution in [1.29, 1.82) is 0 Å². The summed E-state index contributed by atoms with van der Waals surface area (Å²) in [4.78, 5) is -0.0413. The van der Waals surface area contributed by atoms with Gasteiger partial charge in [0.05, 0.1) is 9.92 Å². The van der Waals surface area contributed by atoms with Gasteiger partial charge >= 0.3 is 0 Å². The van der Waals surface area contributed by atoms with Gasteiger partial charge in [-0.3, -0.25) is 0 Å². The topological polar surface area (TPSA) is 72.2 Å². The van der Waals surface area contributed by atoms with E-state index in [1.54, 1.807) is 0 Å². The molecule has 0 amide bonds.